The Bertz CT molecular complexity index is 719. The van der Waals surface area contributed by atoms with E-state index >= 15 is 0 Å². The standard InChI is InChI=1S/C20H26O7/c1-20(2)26-17-16-13(25-19(21-3)18(17)27-20)6-4-5-11-7-14-15(24-10-23-14)8-12(11)9-22-16/h7-8,13,16-19H,4-6,9-10H2,1-3H3/t13-,16-,17+,18+,19+/m1/s1. The van der Waals surface area contributed by atoms with E-state index in [0.29, 0.717) is 6.61 Å². The van der Waals surface area contributed by atoms with Crippen LogP contribution in [-0.4, -0.2) is 50.4 Å². The van der Waals surface area contributed by atoms with Gasteiger partial charge in [-0.1, -0.05) is 0 Å². The van der Waals surface area contributed by atoms with Crippen molar-refractivity contribution in [2.75, 3.05) is 13.9 Å². The van der Waals surface area contributed by atoms with Crippen LogP contribution in [0.5, 0.6) is 11.5 Å². The van der Waals surface area contributed by atoms with Gasteiger partial charge < -0.3 is 33.2 Å². The highest BCUT2D eigenvalue weighted by atomic mass is 16.8. The Morgan fingerprint density at radius 3 is 2.52 bits per heavy atom. The minimum absolute atomic E-state index is 0.0950. The fourth-order valence-electron chi connectivity index (χ4n) is 4.52. The average molecular weight is 378 g/mol. The molecule has 0 saturated carbocycles. The van der Waals surface area contributed by atoms with Gasteiger partial charge in [0.05, 0.1) is 12.7 Å². The molecule has 0 amide bonds. The maximum atomic E-state index is 6.37. The van der Waals surface area contributed by atoms with E-state index in [-0.39, 0.29) is 31.2 Å². The van der Waals surface area contributed by atoms with E-state index in [0.717, 1.165) is 36.3 Å². The molecular formula is C20H26O7. The second-order valence-electron chi connectivity index (χ2n) is 7.99. The molecule has 0 radical (unpaired) electrons. The number of hydrogen-bond acceptors (Lipinski definition) is 7. The SMILES string of the molecule is CO[C@H]1O[C@@H]2CCCc3cc4c(cc3CO[C@H]2[C@@H]2OC(C)(C)O[C@H]12)OCO4. The fourth-order valence-corrected chi connectivity index (χ4v) is 4.52. The number of aryl methyl sites for hydroxylation is 1. The zero-order valence-electron chi connectivity index (χ0n) is 15.9. The lowest BCUT2D eigenvalue weighted by molar-refractivity contribution is -0.276. The van der Waals surface area contributed by atoms with Crippen molar-refractivity contribution in [2.45, 2.75) is 76.2 Å². The monoisotopic (exact) mass is 378 g/mol. The summed E-state index contributed by atoms with van der Waals surface area (Å²) in [6, 6.07) is 4.11. The van der Waals surface area contributed by atoms with Crippen molar-refractivity contribution in [3.8, 4) is 11.5 Å². The quantitative estimate of drug-likeness (QED) is 0.744. The molecule has 1 aromatic carbocycles. The molecule has 7 nitrogen and oxygen atoms in total. The molecule has 0 aromatic heterocycles. The number of ether oxygens (including phenoxy) is 7. The van der Waals surface area contributed by atoms with Crippen molar-refractivity contribution in [3.05, 3.63) is 23.3 Å². The van der Waals surface area contributed by atoms with Crippen LogP contribution in [0.1, 0.15) is 37.8 Å². The molecule has 2 saturated heterocycles. The molecule has 0 aliphatic carbocycles. The third-order valence-corrected chi connectivity index (χ3v) is 5.72. The van der Waals surface area contributed by atoms with Crippen LogP contribution in [0, 0.1) is 0 Å². The average Bonchev–Trinajstić information content (AvgIpc) is 3.22. The summed E-state index contributed by atoms with van der Waals surface area (Å²) in [6.45, 7) is 4.58. The van der Waals surface area contributed by atoms with E-state index in [9.17, 15) is 0 Å². The molecule has 0 spiro atoms. The highest BCUT2D eigenvalue weighted by Crippen LogP contribution is 2.42. The lowest BCUT2D eigenvalue weighted by atomic mass is 9.94. The van der Waals surface area contributed by atoms with Crippen molar-refractivity contribution < 1.29 is 33.2 Å². The Morgan fingerprint density at radius 2 is 1.74 bits per heavy atom. The zero-order valence-corrected chi connectivity index (χ0v) is 15.9. The summed E-state index contributed by atoms with van der Waals surface area (Å²) in [4.78, 5) is 0. The van der Waals surface area contributed by atoms with Crippen LogP contribution in [0.3, 0.4) is 0 Å². The Morgan fingerprint density at radius 1 is 1.00 bits per heavy atom. The number of hydrogen-bond donors (Lipinski definition) is 0. The lowest BCUT2D eigenvalue weighted by Crippen LogP contribution is -2.57. The topological polar surface area (TPSA) is 64.6 Å². The summed E-state index contributed by atoms with van der Waals surface area (Å²) in [7, 11) is 1.64. The van der Waals surface area contributed by atoms with Crippen LogP contribution in [0.25, 0.3) is 0 Å². The van der Waals surface area contributed by atoms with Crippen molar-refractivity contribution in [3.63, 3.8) is 0 Å². The van der Waals surface area contributed by atoms with Gasteiger partial charge in [0.15, 0.2) is 23.6 Å². The van der Waals surface area contributed by atoms with Crippen LogP contribution in [-0.2, 0) is 36.7 Å². The number of methoxy groups -OCH3 is 1. The summed E-state index contributed by atoms with van der Waals surface area (Å²) < 4.78 is 41.5. The normalized spacial score (nSPS) is 36.8. The van der Waals surface area contributed by atoms with Crippen LogP contribution in [0.2, 0.25) is 0 Å². The Labute approximate surface area is 158 Å². The highest BCUT2D eigenvalue weighted by Gasteiger charge is 2.56. The maximum Gasteiger partial charge on any atom is 0.231 e. The van der Waals surface area contributed by atoms with E-state index < -0.39 is 12.1 Å². The van der Waals surface area contributed by atoms with Gasteiger partial charge in [-0.2, -0.15) is 0 Å². The van der Waals surface area contributed by atoms with Crippen molar-refractivity contribution in [1.29, 1.82) is 0 Å². The van der Waals surface area contributed by atoms with Gasteiger partial charge in [0.25, 0.3) is 0 Å². The van der Waals surface area contributed by atoms with Gasteiger partial charge in [-0.15, -0.1) is 0 Å². The van der Waals surface area contributed by atoms with Gasteiger partial charge in [0.1, 0.15) is 18.3 Å². The minimum atomic E-state index is -0.684. The third kappa shape index (κ3) is 3.11. The molecule has 148 valence electrons. The summed E-state index contributed by atoms with van der Waals surface area (Å²) in [5.74, 6) is 0.915. The van der Waals surface area contributed by atoms with Gasteiger partial charge in [0.2, 0.25) is 6.79 Å². The van der Waals surface area contributed by atoms with Gasteiger partial charge in [-0.25, -0.2) is 0 Å². The second kappa shape index (κ2) is 6.60. The van der Waals surface area contributed by atoms with Crippen molar-refractivity contribution in [1.82, 2.24) is 0 Å². The molecule has 7 heteroatoms. The number of benzene rings is 1. The van der Waals surface area contributed by atoms with Crippen LogP contribution < -0.4 is 9.47 Å². The van der Waals surface area contributed by atoms with Gasteiger partial charge in [-0.3, -0.25) is 0 Å². The smallest absolute Gasteiger partial charge is 0.231 e. The fraction of sp³-hybridized carbons (Fsp3) is 0.700. The molecule has 4 aliphatic heterocycles. The van der Waals surface area contributed by atoms with Crippen molar-refractivity contribution >= 4 is 0 Å². The summed E-state index contributed by atoms with van der Waals surface area (Å²) >= 11 is 0. The van der Waals surface area contributed by atoms with E-state index in [1.54, 1.807) is 7.11 Å². The molecule has 5 atom stereocenters. The van der Waals surface area contributed by atoms with E-state index in [1.165, 1.54) is 5.56 Å². The Balaban J connectivity index is 1.43. The minimum Gasteiger partial charge on any atom is -0.454 e. The predicted octanol–water partition coefficient (Wildman–Crippen LogP) is 2.53. The van der Waals surface area contributed by atoms with Crippen LogP contribution in [0.4, 0.5) is 0 Å². The molecule has 0 bridgehead atoms. The molecule has 1 aromatic rings. The molecule has 0 unspecified atom stereocenters. The second-order valence-corrected chi connectivity index (χ2v) is 7.99. The third-order valence-electron chi connectivity index (χ3n) is 5.72. The molecule has 0 N–H and O–H groups in total. The first-order chi connectivity index (χ1) is 13.0. The predicted molar refractivity (Wildman–Crippen MR) is 93.6 cm³/mol. The molecule has 5 rings (SSSR count). The number of rotatable bonds is 1. The van der Waals surface area contributed by atoms with Gasteiger partial charge >= 0.3 is 0 Å². The van der Waals surface area contributed by atoms with E-state index in [1.807, 2.05) is 19.9 Å². The van der Waals surface area contributed by atoms with Gasteiger partial charge in [0, 0.05) is 7.11 Å². The molecule has 4 heterocycles. The Kier molecular flexibility index (Phi) is 4.33. The summed E-state index contributed by atoms with van der Waals surface area (Å²) in [5, 5.41) is 0. The number of fused-ring (bicyclic) bond motifs is 5. The van der Waals surface area contributed by atoms with E-state index in [2.05, 4.69) is 6.07 Å². The zero-order chi connectivity index (χ0) is 18.6. The Hall–Kier alpha value is -1.38. The largest absolute Gasteiger partial charge is 0.454 e. The molecule has 4 aliphatic rings. The molecule has 27 heavy (non-hydrogen) atoms. The molecular weight excluding hydrogens is 352 g/mol. The first-order valence-electron chi connectivity index (χ1n) is 9.61. The lowest BCUT2D eigenvalue weighted by Gasteiger charge is -2.41. The first kappa shape index (κ1) is 17.7. The van der Waals surface area contributed by atoms with Crippen LogP contribution >= 0.6 is 0 Å². The maximum absolute atomic E-state index is 6.37. The summed E-state index contributed by atoms with van der Waals surface area (Å²) in [6.07, 6.45) is 1.51. The summed E-state index contributed by atoms with van der Waals surface area (Å²) in [5.41, 5.74) is 2.37. The van der Waals surface area contributed by atoms with E-state index in [4.69, 9.17) is 33.2 Å². The van der Waals surface area contributed by atoms with Gasteiger partial charge in [-0.05, 0) is 56.4 Å². The first-order valence-corrected chi connectivity index (χ1v) is 9.61. The molecule has 2 fully saturated rings. The highest BCUT2D eigenvalue weighted by molar-refractivity contribution is 5.48. The van der Waals surface area contributed by atoms with Crippen LogP contribution in [0.15, 0.2) is 12.1 Å². The van der Waals surface area contributed by atoms with Crippen molar-refractivity contribution in [2.24, 2.45) is 0 Å².